The van der Waals surface area contributed by atoms with Gasteiger partial charge in [-0.05, 0) is 111 Å². The summed E-state index contributed by atoms with van der Waals surface area (Å²) in [4.78, 5) is 78.9. The lowest BCUT2D eigenvalue weighted by Gasteiger charge is -2.33. The maximum Gasteiger partial charge on any atom is 0.273 e. The van der Waals surface area contributed by atoms with Crippen LogP contribution in [0.15, 0.2) is 103 Å². The highest BCUT2D eigenvalue weighted by molar-refractivity contribution is 5.98. The summed E-state index contributed by atoms with van der Waals surface area (Å²) in [6, 6.07) is 30.1. The fraction of sp³-hybridized carbons (Fsp3) is 0.340. The van der Waals surface area contributed by atoms with E-state index in [1.165, 1.54) is 0 Å². The zero-order valence-corrected chi connectivity index (χ0v) is 42.3. The van der Waals surface area contributed by atoms with E-state index in [2.05, 4.69) is 46.3 Å². The third-order valence-electron chi connectivity index (χ3n) is 13.1. The van der Waals surface area contributed by atoms with E-state index >= 15 is 0 Å². The standard InChI is InChI=1S/C33H34N8O5.C20H26N8O3/c34-29(42)28-30(35-24-12-8-23(9-13-24)32(44)40-17-19-45-20-18-40)37-33(39-38-28)41-16-4-5-25(21-41)36-31(43)22-10-14-27(15-11-22)46-26-6-2-1-3-7-26;21-14-2-1-7-28(12-14)20-24-18(16(17(22)29)25-26-20)23-15-5-3-13(4-6-15)19(30)27-8-10-31-11-9-27/h1-3,6-15,25H,4-5,16-21H2,(H2,34,42)(H,36,43)(H,35,37,39);3-6,14H,1-2,7-12,21H2,(H2,22,29)(H,23,24,26)/t25-;14-/m11/s1. The molecule has 24 heteroatoms. The Bertz CT molecular complexity index is 3020. The molecule has 0 radical (unpaired) electrons. The number of carbonyl (C=O) groups excluding carboxylic acids is 5. The first-order chi connectivity index (χ1) is 37.4. The highest BCUT2D eigenvalue weighted by atomic mass is 16.5. The van der Waals surface area contributed by atoms with Gasteiger partial charge >= 0.3 is 0 Å². The van der Waals surface area contributed by atoms with Gasteiger partial charge in [0.25, 0.3) is 29.5 Å². The van der Waals surface area contributed by atoms with Crippen molar-refractivity contribution in [1.82, 2.24) is 45.5 Å². The highest BCUT2D eigenvalue weighted by Gasteiger charge is 2.27. The van der Waals surface area contributed by atoms with E-state index in [1.54, 1.807) is 82.6 Å². The van der Waals surface area contributed by atoms with Crippen molar-refractivity contribution in [3.8, 4) is 11.5 Å². The molecule has 2 aromatic heterocycles. The molecule has 4 aliphatic heterocycles. The number of ether oxygens (including phenoxy) is 3. The Kier molecular flexibility index (Phi) is 17.3. The van der Waals surface area contributed by atoms with Crippen molar-refractivity contribution in [3.05, 3.63) is 131 Å². The number of aromatic nitrogens is 6. The number of primary amides is 2. The van der Waals surface area contributed by atoms with Crippen molar-refractivity contribution in [3.63, 3.8) is 0 Å². The summed E-state index contributed by atoms with van der Waals surface area (Å²) in [6.07, 6.45) is 3.45. The molecule has 400 valence electrons. The number of piperidine rings is 2. The average molecular weight is 1050 g/mol. The van der Waals surface area contributed by atoms with Crippen LogP contribution in [-0.2, 0) is 9.47 Å². The minimum Gasteiger partial charge on any atom is -0.457 e. The number of carbonyl (C=O) groups is 5. The van der Waals surface area contributed by atoms with Gasteiger partial charge in [-0.1, -0.05) is 18.2 Å². The molecule has 0 spiro atoms. The summed E-state index contributed by atoms with van der Waals surface area (Å²) in [5.74, 6) is 0.582. The number of nitrogens with one attached hydrogen (secondary N) is 3. The summed E-state index contributed by atoms with van der Waals surface area (Å²) in [7, 11) is 0. The van der Waals surface area contributed by atoms with Gasteiger partial charge in [0, 0.05) is 92.5 Å². The summed E-state index contributed by atoms with van der Waals surface area (Å²) >= 11 is 0. The van der Waals surface area contributed by atoms with E-state index < -0.39 is 11.8 Å². The summed E-state index contributed by atoms with van der Waals surface area (Å²) in [5.41, 5.74) is 19.8. The fourth-order valence-corrected chi connectivity index (χ4v) is 9.01. The Balaban J connectivity index is 0.000000203. The van der Waals surface area contributed by atoms with Crippen molar-refractivity contribution >= 4 is 64.4 Å². The molecule has 9 N–H and O–H groups in total. The molecule has 77 heavy (non-hydrogen) atoms. The van der Waals surface area contributed by atoms with Crippen LogP contribution in [0.5, 0.6) is 11.5 Å². The van der Waals surface area contributed by atoms with Crippen molar-refractivity contribution in [2.45, 2.75) is 37.8 Å². The van der Waals surface area contributed by atoms with E-state index in [0.29, 0.717) is 118 Å². The molecule has 10 rings (SSSR count). The molecule has 0 unspecified atom stereocenters. The Morgan fingerprint density at radius 1 is 0.532 bits per heavy atom. The van der Waals surface area contributed by atoms with Crippen molar-refractivity contribution < 1.29 is 38.2 Å². The zero-order valence-electron chi connectivity index (χ0n) is 42.3. The normalized spacial score (nSPS) is 17.5. The monoisotopic (exact) mass is 1050 g/mol. The topological polar surface area (TPSA) is 317 Å². The van der Waals surface area contributed by atoms with E-state index in [1.807, 2.05) is 40.1 Å². The van der Waals surface area contributed by atoms with E-state index in [4.69, 9.17) is 31.4 Å². The molecule has 4 fully saturated rings. The lowest BCUT2D eigenvalue weighted by molar-refractivity contribution is 0.0301. The van der Waals surface area contributed by atoms with Crippen LogP contribution in [0.3, 0.4) is 0 Å². The first kappa shape index (κ1) is 53.0. The first-order valence-corrected chi connectivity index (χ1v) is 25.4. The van der Waals surface area contributed by atoms with Crippen LogP contribution in [0.4, 0.5) is 34.9 Å². The number of para-hydroxylation sites is 1. The largest absolute Gasteiger partial charge is 0.457 e. The van der Waals surface area contributed by atoms with Gasteiger partial charge in [-0.2, -0.15) is 9.97 Å². The van der Waals surface area contributed by atoms with Crippen molar-refractivity contribution in [2.24, 2.45) is 17.2 Å². The molecule has 6 aromatic rings. The van der Waals surface area contributed by atoms with Gasteiger partial charge in [0.1, 0.15) is 11.5 Å². The van der Waals surface area contributed by atoms with Crippen molar-refractivity contribution in [1.29, 1.82) is 0 Å². The average Bonchev–Trinajstić information content (AvgIpc) is 3.47. The Morgan fingerprint density at radius 3 is 1.47 bits per heavy atom. The van der Waals surface area contributed by atoms with E-state index in [0.717, 1.165) is 38.0 Å². The summed E-state index contributed by atoms with van der Waals surface area (Å²) < 4.78 is 16.4. The molecule has 0 bridgehead atoms. The molecule has 2 atom stereocenters. The fourth-order valence-electron chi connectivity index (χ4n) is 9.01. The van der Waals surface area contributed by atoms with Crippen LogP contribution in [0.1, 0.15) is 77.7 Å². The number of anilines is 6. The van der Waals surface area contributed by atoms with Gasteiger partial charge in [0.05, 0.1) is 26.4 Å². The number of nitrogens with two attached hydrogens (primary N) is 3. The van der Waals surface area contributed by atoms with E-state index in [9.17, 15) is 24.0 Å². The number of morpholine rings is 2. The lowest BCUT2D eigenvalue weighted by Crippen LogP contribution is -2.48. The molecular formula is C53H60N16O8. The second-order valence-corrected chi connectivity index (χ2v) is 18.6. The molecule has 4 aliphatic rings. The van der Waals surface area contributed by atoms with Crippen LogP contribution in [0.25, 0.3) is 0 Å². The second-order valence-electron chi connectivity index (χ2n) is 18.6. The molecule has 0 saturated carbocycles. The van der Waals surface area contributed by atoms with Gasteiger partial charge in [0.2, 0.25) is 11.9 Å². The third kappa shape index (κ3) is 13.9. The molecule has 0 aliphatic carbocycles. The second kappa shape index (κ2) is 25.1. The number of rotatable bonds is 14. The van der Waals surface area contributed by atoms with Crippen LogP contribution in [0.2, 0.25) is 0 Å². The number of hydrogen-bond acceptors (Lipinski definition) is 19. The Hall–Kier alpha value is -8.87. The highest BCUT2D eigenvalue weighted by Crippen LogP contribution is 2.26. The maximum absolute atomic E-state index is 13.1. The number of benzene rings is 4. The summed E-state index contributed by atoms with van der Waals surface area (Å²) in [5, 5.41) is 25.5. The SMILES string of the molecule is NC(=O)c1nnc(N2CCC[C@@H](N)C2)nc1Nc1ccc(C(=O)N2CCOCC2)cc1.NC(=O)c1nnc(N2CCC[C@@H](NC(=O)c3ccc(Oc4ccccc4)cc3)C2)nc1Nc1ccc(C(=O)N2CCOCC2)cc1. The predicted octanol–water partition coefficient (Wildman–Crippen LogP) is 3.49. The number of nitrogens with zero attached hydrogens (tertiary/aromatic N) is 10. The Morgan fingerprint density at radius 2 is 0.987 bits per heavy atom. The molecule has 4 saturated heterocycles. The van der Waals surface area contributed by atoms with Gasteiger partial charge in [0.15, 0.2) is 23.0 Å². The zero-order chi connectivity index (χ0) is 53.7. The van der Waals surface area contributed by atoms with Gasteiger partial charge in [-0.15, -0.1) is 20.4 Å². The molecule has 5 amide bonds. The van der Waals surface area contributed by atoms with Crippen LogP contribution < -0.4 is 47.7 Å². The molecule has 6 heterocycles. The van der Waals surface area contributed by atoms with Crippen LogP contribution in [-0.4, -0.2) is 161 Å². The van der Waals surface area contributed by atoms with Crippen molar-refractivity contribution in [2.75, 3.05) is 99.2 Å². The van der Waals surface area contributed by atoms with Crippen LogP contribution in [0, 0.1) is 0 Å². The number of amides is 5. The molecular weight excluding hydrogens is 989 g/mol. The maximum atomic E-state index is 13.1. The van der Waals surface area contributed by atoms with Crippen LogP contribution >= 0.6 is 0 Å². The first-order valence-electron chi connectivity index (χ1n) is 25.4. The number of hydrogen-bond donors (Lipinski definition) is 6. The lowest BCUT2D eigenvalue weighted by atomic mass is 10.1. The van der Waals surface area contributed by atoms with Gasteiger partial charge < -0.3 is 67.0 Å². The minimum atomic E-state index is -0.780. The van der Waals surface area contributed by atoms with E-state index in [-0.39, 0.29) is 52.8 Å². The minimum absolute atomic E-state index is 0.0416. The van der Waals surface area contributed by atoms with Gasteiger partial charge in [-0.25, -0.2) is 0 Å². The smallest absolute Gasteiger partial charge is 0.273 e. The molecule has 24 nitrogen and oxygen atoms in total. The third-order valence-corrected chi connectivity index (χ3v) is 13.1. The molecule has 4 aromatic carbocycles. The van der Waals surface area contributed by atoms with Gasteiger partial charge in [-0.3, -0.25) is 24.0 Å². The summed E-state index contributed by atoms with van der Waals surface area (Å²) in [6.45, 7) is 6.89. The Labute approximate surface area is 443 Å². The quantitative estimate of drug-likeness (QED) is 0.0909. The predicted molar refractivity (Wildman–Crippen MR) is 285 cm³/mol.